The Morgan fingerprint density at radius 1 is 0.875 bits per heavy atom. The van der Waals surface area contributed by atoms with Crippen molar-refractivity contribution in [2.45, 2.75) is 25.5 Å². The lowest BCUT2D eigenvalue weighted by atomic mass is 9.99. The number of cyclic esters (lactones) is 1. The van der Waals surface area contributed by atoms with E-state index in [2.05, 4.69) is 9.80 Å². The molecular weight excluding hydrogens is 513 g/mol. The molecule has 6 rings (SSSR count). The highest BCUT2D eigenvalue weighted by atomic mass is 19.1. The highest BCUT2D eigenvalue weighted by Gasteiger charge is 2.35. The van der Waals surface area contributed by atoms with Crippen molar-refractivity contribution in [3.8, 4) is 0 Å². The van der Waals surface area contributed by atoms with E-state index in [1.165, 1.54) is 12.1 Å². The van der Waals surface area contributed by atoms with Crippen LogP contribution in [0.3, 0.4) is 0 Å². The maximum Gasteiger partial charge on any atom is 0.414 e. The summed E-state index contributed by atoms with van der Waals surface area (Å²) >= 11 is 0. The van der Waals surface area contributed by atoms with Gasteiger partial charge in [0.2, 0.25) is 0 Å². The first-order valence-corrected chi connectivity index (χ1v) is 13.7. The van der Waals surface area contributed by atoms with E-state index in [1.54, 1.807) is 34.1 Å². The number of nitrogens with two attached hydrogens (primary N) is 1. The second-order valence-corrected chi connectivity index (χ2v) is 10.4. The van der Waals surface area contributed by atoms with Crippen molar-refractivity contribution in [1.29, 1.82) is 0 Å². The van der Waals surface area contributed by atoms with Gasteiger partial charge in [-0.05, 0) is 55.3 Å². The Bertz CT molecular complexity index is 1390. The van der Waals surface area contributed by atoms with Gasteiger partial charge in [-0.25, -0.2) is 9.18 Å². The van der Waals surface area contributed by atoms with Crippen LogP contribution in [0.5, 0.6) is 0 Å². The van der Waals surface area contributed by atoms with Crippen molar-refractivity contribution in [1.82, 2.24) is 4.90 Å². The van der Waals surface area contributed by atoms with E-state index in [4.69, 9.17) is 4.74 Å². The molecule has 2 N–H and O–H groups in total. The van der Waals surface area contributed by atoms with Crippen molar-refractivity contribution in [2.24, 2.45) is 0 Å². The number of quaternary nitrogens is 1. The Balaban J connectivity index is 1.09. The van der Waals surface area contributed by atoms with Crippen LogP contribution in [0.4, 0.5) is 31.9 Å². The van der Waals surface area contributed by atoms with E-state index < -0.39 is 0 Å². The van der Waals surface area contributed by atoms with Gasteiger partial charge in [-0.15, -0.1) is 0 Å². The monoisotopic (exact) mass is 545 g/mol. The van der Waals surface area contributed by atoms with Gasteiger partial charge >= 0.3 is 6.09 Å². The molecule has 0 radical (unpaired) electrons. The number of amides is 2. The predicted octanol–water partition coefficient (Wildman–Crippen LogP) is 3.61. The van der Waals surface area contributed by atoms with Crippen molar-refractivity contribution in [3.05, 3.63) is 88.9 Å². The largest absolute Gasteiger partial charge is 0.630 e. The number of nitrogens with zero attached hydrogens (tertiary/aromatic N) is 4. The van der Waals surface area contributed by atoms with E-state index >= 15 is 0 Å². The van der Waals surface area contributed by atoms with E-state index in [9.17, 15) is 19.2 Å². The lowest BCUT2D eigenvalue weighted by Crippen LogP contribution is -2.70. The molecule has 0 atom stereocenters. The fourth-order valence-corrected chi connectivity index (χ4v) is 5.96. The van der Waals surface area contributed by atoms with Gasteiger partial charge in [0, 0.05) is 68.2 Å². The van der Waals surface area contributed by atoms with Gasteiger partial charge in [0.05, 0.1) is 11.4 Å². The number of ether oxygens (including phenoxy) is 1. The number of para-hydroxylation sites is 1. The summed E-state index contributed by atoms with van der Waals surface area (Å²) < 4.78 is 18.7. The Kier molecular flexibility index (Phi) is 7.27. The van der Waals surface area contributed by atoms with Gasteiger partial charge in [0.15, 0.2) is 5.69 Å². The van der Waals surface area contributed by atoms with Crippen LogP contribution in [0.15, 0.2) is 66.7 Å². The van der Waals surface area contributed by atoms with Crippen molar-refractivity contribution in [2.75, 3.05) is 54.0 Å². The van der Waals surface area contributed by atoms with Crippen LogP contribution in [0.2, 0.25) is 0 Å². The van der Waals surface area contributed by atoms with Crippen LogP contribution < -0.4 is 20.2 Å². The third kappa shape index (κ3) is 5.07. The van der Waals surface area contributed by atoms with Gasteiger partial charge in [-0.3, -0.25) is 9.69 Å². The lowest BCUT2D eigenvalue weighted by molar-refractivity contribution is -0.496. The molecule has 2 amide bonds. The average molecular weight is 546 g/mol. The van der Waals surface area contributed by atoms with Gasteiger partial charge < -0.3 is 30.1 Å². The van der Waals surface area contributed by atoms with E-state index in [-0.39, 0.29) is 23.9 Å². The molecule has 0 bridgehead atoms. The summed E-state index contributed by atoms with van der Waals surface area (Å²) in [6.45, 7) is 4.04. The molecule has 0 aromatic heterocycles. The number of carbonyl (C=O) groups is 2. The van der Waals surface area contributed by atoms with Gasteiger partial charge in [-0.1, -0.05) is 18.2 Å². The number of benzene rings is 3. The highest BCUT2D eigenvalue weighted by molar-refractivity contribution is 5.96. The van der Waals surface area contributed by atoms with E-state index in [0.29, 0.717) is 57.1 Å². The maximum absolute atomic E-state index is 13.3. The predicted molar refractivity (Wildman–Crippen MR) is 150 cm³/mol. The SMILES string of the molecule is O=C(c1ccc(N2CCC(N3C(=O)OCc4ccccc43)CC2)c([NH2+][O-])c1)N1CCN(c2ccc(F)cc2)CC1. The summed E-state index contributed by atoms with van der Waals surface area (Å²) in [7, 11) is 0. The molecule has 3 aliphatic rings. The summed E-state index contributed by atoms with van der Waals surface area (Å²) in [5.41, 5.74) is 5.43. The van der Waals surface area contributed by atoms with Crippen LogP contribution in [0.25, 0.3) is 0 Å². The normalized spacial score (nSPS) is 18.0. The first-order valence-electron chi connectivity index (χ1n) is 13.7. The maximum atomic E-state index is 13.3. The minimum atomic E-state index is -0.313. The van der Waals surface area contributed by atoms with Gasteiger partial charge in [-0.2, -0.15) is 0 Å². The first-order chi connectivity index (χ1) is 19.5. The molecule has 40 heavy (non-hydrogen) atoms. The first kappa shape index (κ1) is 26.1. The average Bonchev–Trinajstić information content (AvgIpc) is 3.01. The van der Waals surface area contributed by atoms with Crippen LogP contribution in [0, 0.1) is 11.0 Å². The van der Waals surface area contributed by atoms with E-state index in [1.807, 2.05) is 30.3 Å². The molecule has 0 saturated carbocycles. The summed E-state index contributed by atoms with van der Waals surface area (Å²) in [6.07, 6.45) is 1.16. The molecule has 0 unspecified atom stereocenters. The second kappa shape index (κ2) is 11.1. The third-order valence-electron chi connectivity index (χ3n) is 8.13. The number of piperazine rings is 1. The molecule has 208 valence electrons. The molecular formula is C30H32FN5O4. The van der Waals surface area contributed by atoms with E-state index in [0.717, 1.165) is 40.9 Å². The molecule has 9 nitrogen and oxygen atoms in total. The topological polar surface area (TPSA) is 96.0 Å². The zero-order valence-electron chi connectivity index (χ0n) is 22.2. The second-order valence-electron chi connectivity index (χ2n) is 10.4. The lowest BCUT2D eigenvalue weighted by Gasteiger charge is -2.41. The molecule has 3 aromatic carbocycles. The highest BCUT2D eigenvalue weighted by Crippen LogP contribution is 2.34. The molecule has 2 fully saturated rings. The summed E-state index contributed by atoms with van der Waals surface area (Å²) in [6, 6.07) is 19.6. The van der Waals surface area contributed by atoms with Crippen molar-refractivity contribution in [3.63, 3.8) is 0 Å². The fraction of sp³-hybridized carbons (Fsp3) is 0.333. The zero-order valence-corrected chi connectivity index (χ0v) is 22.2. The van der Waals surface area contributed by atoms with Crippen LogP contribution in [-0.4, -0.2) is 62.2 Å². The number of halogens is 1. The quantitative estimate of drug-likeness (QED) is 0.389. The number of fused-ring (bicyclic) bond motifs is 1. The Morgan fingerprint density at radius 2 is 1.60 bits per heavy atom. The number of hydrogen-bond acceptors (Lipinski definition) is 6. The summed E-state index contributed by atoms with van der Waals surface area (Å²) in [5.74, 6) is -0.372. The Labute approximate surface area is 232 Å². The van der Waals surface area contributed by atoms with Gasteiger partial charge in [0.1, 0.15) is 12.4 Å². The number of hydrogen-bond donors (Lipinski definition) is 1. The molecule has 3 aromatic rings. The smallest absolute Gasteiger partial charge is 0.414 e. The minimum absolute atomic E-state index is 0.0132. The molecule has 10 heteroatoms. The minimum Gasteiger partial charge on any atom is -0.630 e. The summed E-state index contributed by atoms with van der Waals surface area (Å²) in [5, 5.41) is 12.1. The molecule has 3 heterocycles. The fourth-order valence-electron chi connectivity index (χ4n) is 5.96. The van der Waals surface area contributed by atoms with Crippen LogP contribution >= 0.6 is 0 Å². The standard InChI is InChI=1S/C30H32FN5O4/c31-23-6-8-24(9-7-23)33-15-17-35(18-16-33)29(37)21-5-10-28(26(19-21)32-39)34-13-11-25(12-14-34)36-27-4-2-1-3-22(27)20-40-30(36)38/h1-10,19,25H,11-18,20,32H2. The van der Waals surface area contributed by atoms with Crippen molar-refractivity contribution >= 4 is 34.7 Å². The Morgan fingerprint density at radius 3 is 2.33 bits per heavy atom. The molecule has 0 spiro atoms. The molecule has 3 aliphatic heterocycles. The number of anilines is 3. The van der Waals surface area contributed by atoms with Crippen LogP contribution in [-0.2, 0) is 11.3 Å². The molecule has 0 aliphatic carbocycles. The molecule has 2 saturated heterocycles. The number of carbonyl (C=O) groups excluding carboxylic acids is 2. The van der Waals surface area contributed by atoms with Gasteiger partial charge in [0.25, 0.3) is 5.91 Å². The number of rotatable bonds is 5. The summed E-state index contributed by atoms with van der Waals surface area (Å²) in [4.78, 5) is 33.8. The van der Waals surface area contributed by atoms with Crippen molar-refractivity contribution < 1.29 is 24.2 Å². The van der Waals surface area contributed by atoms with Crippen LogP contribution in [0.1, 0.15) is 28.8 Å². The number of piperidine rings is 1. The Hall–Kier alpha value is -4.15. The third-order valence-corrected chi connectivity index (χ3v) is 8.13. The zero-order chi connectivity index (χ0) is 27.6.